The average Bonchev–Trinajstić information content (AvgIpc) is 2.49. The normalized spacial score (nSPS) is 11.0. The van der Waals surface area contributed by atoms with Crippen molar-refractivity contribution in [3.63, 3.8) is 0 Å². The first-order chi connectivity index (χ1) is 10.5. The van der Waals surface area contributed by atoms with Gasteiger partial charge in [0, 0.05) is 18.5 Å². The van der Waals surface area contributed by atoms with Crippen LogP contribution < -0.4 is 5.32 Å². The van der Waals surface area contributed by atoms with Crippen molar-refractivity contribution in [3.8, 4) is 5.75 Å². The molecule has 1 amide bonds. The van der Waals surface area contributed by atoms with E-state index in [2.05, 4.69) is 37.9 Å². The molecule has 1 rings (SSSR count). The molecule has 0 radical (unpaired) electrons. The molecule has 2 N–H and O–H groups in total. The third-order valence-electron chi connectivity index (χ3n) is 3.35. The summed E-state index contributed by atoms with van der Waals surface area (Å²) in [7, 11) is 0. The van der Waals surface area contributed by atoms with Crippen LogP contribution in [0.1, 0.15) is 50.7 Å². The van der Waals surface area contributed by atoms with Crippen molar-refractivity contribution >= 4 is 12.0 Å². The minimum Gasteiger partial charge on any atom is -0.507 e. The summed E-state index contributed by atoms with van der Waals surface area (Å²) in [6.07, 6.45) is 9.52. The van der Waals surface area contributed by atoms with Crippen molar-refractivity contribution in [1.82, 2.24) is 5.32 Å². The van der Waals surface area contributed by atoms with Crippen molar-refractivity contribution in [1.29, 1.82) is 0 Å². The molecule has 22 heavy (non-hydrogen) atoms. The Morgan fingerprint density at radius 2 is 2.14 bits per heavy atom. The van der Waals surface area contributed by atoms with Crippen LogP contribution in [-0.2, 0) is 11.3 Å². The lowest BCUT2D eigenvalue weighted by Gasteiger charge is -2.07. The summed E-state index contributed by atoms with van der Waals surface area (Å²) in [5.74, 6) is 0.870. The summed E-state index contributed by atoms with van der Waals surface area (Å²) >= 11 is 0. The Morgan fingerprint density at radius 3 is 2.82 bits per heavy atom. The Balaban J connectivity index is 2.24. The van der Waals surface area contributed by atoms with Gasteiger partial charge < -0.3 is 10.4 Å². The second-order valence-corrected chi connectivity index (χ2v) is 5.79. The van der Waals surface area contributed by atoms with E-state index in [1.165, 1.54) is 0 Å². The highest BCUT2D eigenvalue weighted by atomic mass is 16.3. The summed E-state index contributed by atoms with van der Waals surface area (Å²) < 4.78 is 0. The Hall–Kier alpha value is -2.03. The van der Waals surface area contributed by atoms with Crippen LogP contribution in [0.4, 0.5) is 0 Å². The first-order valence-corrected chi connectivity index (χ1v) is 7.90. The molecule has 0 heterocycles. The highest BCUT2D eigenvalue weighted by Crippen LogP contribution is 2.19. The van der Waals surface area contributed by atoms with Crippen LogP contribution in [0.2, 0.25) is 0 Å². The average molecular weight is 301 g/mol. The van der Waals surface area contributed by atoms with Crippen LogP contribution in [0.3, 0.4) is 0 Å². The minimum absolute atomic E-state index is 0.0704. The molecule has 0 aliphatic rings. The van der Waals surface area contributed by atoms with Gasteiger partial charge in [0.15, 0.2) is 0 Å². The van der Waals surface area contributed by atoms with Crippen LogP contribution in [0.5, 0.6) is 5.75 Å². The van der Waals surface area contributed by atoms with Gasteiger partial charge in [0.1, 0.15) is 5.75 Å². The number of carbonyl (C=O) groups is 1. The van der Waals surface area contributed by atoms with E-state index in [0.717, 1.165) is 24.8 Å². The van der Waals surface area contributed by atoms with E-state index in [4.69, 9.17) is 0 Å². The molecule has 0 spiro atoms. The van der Waals surface area contributed by atoms with E-state index < -0.39 is 0 Å². The maximum Gasteiger partial charge on any atom is 0.220 e. The highest BCUT2D eigenvalue weighted by molar-refractivity contribution is 5.75. The van der Waals surface area contributed by atoms with E-state index >= 15 is 0 Å². The summed E-state index contributed by atoms with van der Waals surface area (Å²) in [6.45, 7) is 8.45. The number of phenols is 1. The molecule has 3 heteroatoms. The lowest BCUT2D eigenvalue weighted by molar-refractivity contribution is -0.121. The second-order valence-electron chi connectivity index (χ2n) is 5.79. The number of amides is 1. The number of nitrogens with one attached hydrogen (secondary N) is 1. The van der Waals surface area contributed by atoms with E-state index in [1.807, 2.05) is 6.07 Å². The van der Waals surface area contributed by atoms with Gasteiger partial charge in [-0.05, 0) is 42.9 Å². The molecule has 0 aliphatic carbocycles. The van der Waals surface area contributed by atoms with Gasteiger partial charge in [0.2, 0.25) is 5.91 Å². The van der Waals surface area contributed by atoms with Gasteiger partial charge in [-0.3, -0.25) is 4.79 Å². The highest BCUT2D eigenvalue weighted by Gasteiger charge is 2.03. The van der Waals surface area contributed by atoms with Crippen LogP contribution in [0.15, 0.2) is 36.9 Å². The zero-order valence-corrected chi connectivity index (χ0v) is 13.6. The third-order valence-corrected chi connectivity index (χ3v) is 3.35. The SMILES string of the molecule is C=Cc1cc(CNC(=O)CCCC/C=C/C(C)C)ccc1O. The number of hydrogen-bond acceptors (Lipinski definition) is 2. The topological polar surface area (TPSA) is 49.3 Å². The third kappa shape index (κ3) is 7.11. The molecule has 120 valence electrons. The van der Waals surface area contributed by atoms with Crippen molar-refractivity contribution in [2.75, 3.05) is 0 Å². The number of carbonyl (C=O) groups excluding carboxylic acids is 1. The maximum absolute atomic E-state index is 11.8. The molecule has 0 bridgehead atoms. The van der Waals surface area contributed by atoms with E-state index in [1.54, 1.807) is 18.2 Å². The molecule has 0 fully saturated rings. The molecular formula is C19H27NO2. The second kappa shape index (κ2) is 9.82. The summed E-state index contributed by atoms with van der Waals surface area (Å²) in [5.41, 5.74) is 1.64. The van der Waals surface area contributed by atoms with Gasteiger partial charge in [-0.25, -0.2) is 0 Å². The van der Waals surface area contributed by atoms with Crippen LogP contribution in [0, 0.1) is 5.92 Å². The summed E-state index contributed by atoms with van der Waals surface area (Å²) in [5, 5.41) is 12.5. The number of benzene rings is 1. The summed E-state index contributed by atoms with van der Waals surface area (Å²) in [4.78, 5) is 11.8. The summed E-state index contributed by atoms with van der Waals surface area (Å²) in [6, 6.07) is 5.26. The van der Waals surface area contributed by atoms with Gasteiger partial charge in [-0.15, -0.1) is 0 Å². The minimum atomic E-state index is 0.0704. The lowest BCUT2D eigenvalue weighted by Crippen LogP contribution is -2.22. The Labute approximate surface area is 133 Å². The zero-order valence-electron chi connectivity index (χ0n) is 13.6. The molecule has 1 aromatic carbocycles. The molecule has 0 atom stereocenters. The van der Waals surface area contributed by atoms with Crippen LogP contribution in [0.25, 0.3) is 6.08 Å². The fourth-order valence-corrected chi connectivity index (χ4v) is 2.08. The molecule has 0 saturated heterocycles. The smallest absolute Gasteiger partial charge is 0.220 e. The van der Waals surface area contributed by atoms with Gasteiger partial charge in [0.25, 0.3) is 0 Å². The Morgan fingerprint density at radius 1 is 1.36 bits per heavy atom. The number of allylic oxidation sites excluding steroid dienone is 2. The molecular weight excluding hydrogens is 274 g/mol. The standard InChI is InChI=1S/C19H27NO2/c1-4-17-13-16(11-12-18(17)21)14-20-19(22)10-8-6-5-7-9-15(2)3/h4,7,9,11-13,15,21H,1,5-6,8,10,14H2,2-3H3,(H,20,22)/b9-7+. The van der Waals surface area contributed by atoms with Gasteiger partial charge >= 0.3 is 0 Å². The predicted octanol–water partition coefficient (Wildman–Crippen LogP) is 4.42. The van der Waals surface area contributed by atoms with E-state index in [0.29, 0.717) is 24.4 Å². The zero-order chi connectivity index (χ0) is 16.4. The van der Waals surface area contributed by atoms with Crippen molar-refractivity contribution < 1.29 is 9.90 Å². The van der Waals surface area contributed by atoms with Gasteiger partial charge in [0.05, 0.1) is 0 Å². The monoisotopic (exact) mass is 301 g/mol. The number of hydrogen-bond donors (Lipinski definition) is 2. The van der Waals surface area contributed by atoms with Crippen molar-refractivity contribution in [2.24, 2.45) is 5.92 Å². The number of unbranched alkanes of at least 4 members (excludes halogenated alkanes) is 2. The van der Waals surface area contributed by atoms with E-state index in [9.17, 15) is 9.90 Å². The van der Waals surface area contributed by atoms with Gasteiger partial charge in [-0.1, -0.05) is 44.7 Å². The largest absolute Gasteiger partial charge is 0.507 e. The predicted molar refractivity (Wildman–Crippen MR) is 92.5 cm³/mol. The van der Waals surface area contributed by atoms with Crippen molar-refractivity contribution in [3.05, 3.63) is 48.1 Å². The van der Waals surface area contributed by atoms with E-state index in [-0.39, 0.29) is 11.7 Å². The quantitative estimate of drug-likeness (QED) is 0.524. The molecule has 1 aromatic rings. The Kier molecular flexibility index (Phi) is 8.05. The van der Waals surface area contributed by atoms with Gasteiger partial charge in [-0.2, -0.15) is 0 Å². The lowest BCUT2D eigenvalue weighted by atomic mass is 10.1. The molecule has 0 aliphatic heterocycles. The molecule has 0 unspecified atom stereocenters. The fraction of sp³-hybridized carbons (Fsp3) is 0.421. The number of aromatic hydroxyl groups is 1. The molecule has 3 nitrogen and oxygen atoms in total. The van der Waals surface area contributed by atoms with Crippen LogP contribution >= 0.6 is 0 Å². The van der Waals surface area contributed by atoms with Crippen molar-refractivity contribution in [2.45, 2.75) is 46.1 Å². The molecule has 0 saturated carbocycles. The first kappa shape index (κ1) is 18.0. The van der Waals surface area contributed by atoms with Crippen LogP contribution in [-0.4, -0.2) is 11.0 Å². The Bertz CT molecular complexity index is 518. The first-order valence-electron chi connectivity index (χ1n) is 7.90. The maximum atomic E-state index is 11.8. The fourth-order valence-electron chi connectivity index (χ4n) is 2.08. The molecule has 0 aromatic heterocycles. The number of phenolic OH excluding ortho intramolecular Hbond substituents is 1. The number of rotatable bonds is 9.